The summed E-state index contributed by atoms with van der Waals surface area (Å²) >= 11 is 0. The molecule has 2 atom stereocenters. The van der Waals surface area contributed by atoms with E-state index < -0.39 is 23.9 Å². The van der Waals surface area contributed by atoms with Crippen LogP contribution in [0.4, 0.5) is 8.78 Å². The molecule has 1 aromatic rings. The summed E-state index contributed by atoms with van der Waals surface area (Å²) in [7, 11) is 0. The largest absolute Gasteiger partial charge is 0.494 e. The zero-order chi connectivity index (χ0) is 17.5. The summed E-state index contributed by atoms with van der Waals surface area (Å²) in [6, 6.07) is 6.20. The highest BCUT2D eigenvalue weighted by Gasteiger charge is 2.48. The molecule has 0 aromatic heterocycles. The van der Waals surface area contributed by atoms with Gasteiger partial charge in [-0.1, -0.05) is 26.0 Å². The molecule has 0 saturated carbocycles. The first-order valence-corrected chi connectivity index (χ1v) is 7.81. The van der Waals surface area contributed by atoms with E-state index in [2.05, 4.69) is 0 Å². The zero-order valence-electron chi connectivity index (χ0n) is 13.7. The third kappa shape index (κ3) is 4.64. The Kier molecular flexibility index (Phi) is 7.42. The van der Waals surface area contributed by atoms with Gasteiger partial charge in [0.15, 0.2) is 5.92 Å². The first-order chi connectivity index (χ1) is 10.9. The van der Waals surface area contributed by atoms with Crippen molar-refractivity contribution in [3.63, 3.8) is 0 Å². The predicted molar refractivity (Wildman–Crippen MR) is 82.5 cm³/mol. The lowest BCUT2D eigenvalue weighted by molar-refractivity contribution is -0.172. The van der Waals surface area contributed by atoms with Gasteiger partial charge in [-0.05, 0) is 37.5 Å². The average molecular weight is 330 g/mol. The number of carbonyl (C=O) groups is 1. The minimum Gasteiger partial charge on any atom is -0.494 e. The third-order valence-electron chi connectivity index (χ3n) is 3.67. The maximum atomic E-state index is 13.4. The molecule has 0 spiro atoms. The molecule has 23 heavy (non-hydrogen) atoms. The summed E-state index contributed by atoms with van der Waals surface area (Å²) < 4.78 is 36.9. The third-order valence-corrected chi connectivity index (χ3v) is 3.67. The molecule has 0 amide bonds. The molecule has 1 N–H and O–H groups in total. The lowest BCUT2D eigenvalue weighted by Gasteiger charge is -2.34. The highest BCUT2D eigenvalue weighted by molar-refractivity contribution is 5.74. The van der Waals surface area contributed by atoms with Gasteiger partial charge in [0.2, 0.25) is 0 Å². The summed E-state index contributed by atoms with van der Waals surface area (Å²) in [5, 5.41) is 10.8. The fraction of sp³-hybridized carbons (Fsp3) is 0.588. The van der Waals surface area contributed by atoms with E-state index in [0.717, 1.165) is 6.42 Å². The molecule has 4 nitrogen and oxygen atoms in total. The van der Waals surface area contributed by atoms with Gasteiger partial charge in [0.1, 0.15) is 11.4 Å². The Morgan fingerprint density at radius 3 is 2.26 bits per heavy atom. The Morgan fingerprint density at radius 2 is 1.83 bits per heavy atom. The number of hydrogen-bond donors (Lipinski definition) is 1. The van der Waals surface area contributed by atoms with E-state index in [1.807, 2.05) is 6.92 Å². The lowest BCUT2D eigenvalue weighted by atomic mass is 9.79. The van der Waals surface area contributed by atoms with Crippen LogP contribution in [0.2, 0.25) is 0 Å². The monoisotopic (exact) mass is 330 g/mol. The number of ether oxygens (including phenoxy) is 2. The number of hydrogen-bond acceptors (Lipinski definition) is 4. The first kappa shape index (κ1) is 19.4. The van der Waals surface area contributed by atoms with Crippen molar-refractivity contribution in [1.82, 2.24) is 0 Å². The summed E-state index contributed by atoms with van der Waals surface area (Å²) in [5.41, 5.74) is -1.76. The number of rotatable bonds is 9. The van der Waals surface area contributed by atoms with E-state index in [4.69, 9.17) is 9.47 Å². The van der Waals surface area contributed by atoms with Crippen molar-refractivity contribution in [3.05, 3.63) is 29.8 Å². The second-order valence-electron chi connectivity index (χ2n) is 5.21. The van der Waals surface area contributed by atoms with Crippen LogP contribution >= 0.6 is 0 Å². The Bertz CT molecular complexity index is 490. The Labute approximate surface area is 135 Å². The predicted octanol–water partition coefficient (Wildman–Crippen LogP) is 3.52. The van der Waals surface area contributed by atoms with Crippen LogP contribution in [0.3, 0.4) is 0 Å². The number of carbonyl (C=O) groups excluding carboxylic acids is 1. The van der Waals surface area contributed by atoms with Gasteiger partial charge >= 0.3 is 5.97 Å². The van der Waals surface area contributed by atoms with Crippen LogP contribution in [-0.4, -0.2) is 30.7 Å². The van der Waals surface area contributed by atoms with Gasteiger partial charge in [-0.25, -0.2) is 8.78 Å². The van der Waals surface area contributed by atoms with Crippen molar-refractivity contribution in [2.45, 2.75) is 45.6 Å². The fourth-order valence-corrected chi connectivity index (χ4v) is 2.40. The standard InChI is InChI=1S/C17H24F2O4/c1-4-11-23-13-9-7-12(8-10-13)17(21,5-2)14(15(18)19)16(20)22-6-3/h7-10,14-15,21H,4-6,11H2,1-3H3. The molecule has 0 saturated heterocycles. The molecule has 0 heterocycles. The molecule has 0 aliphatic heterocycles. The van der Waals surface area contributed by atoms with Crippen LogP contribution in [0.5, 0.6) is 5.75 Å². The van der Waals surface area contributed by atoms with Crippen LogP contribution in [-0.2, 0) is 15.1 Å². The molecular formula is C17H24F2O4. The van der Waals surface area contributed by atoms with Gasteiger partial charge in [-0.2, -0.15) is 0 Å². The average Bonchev–Trinajstić information content (AvgIpc) is 2.53. The summed E-state index contributed by atoms with van der Waals surface area (Å²) in [5.74, 6) is -2.45. The SMILES string of the molecule is CCCOc1ccc(C(O)(CC)C(C(=O)OCC)C(F)F)cc1. The van der Waals surface area contributed by atoms with Crippen LogP contribution < -0.4 is 4.74 Å². The fourth-order valence-electron chi connectivity index (χ4n) is 2.40. The summed E-state index contributed by atoms with van der Waals surface area (Å²) in [6.07, 6.45) is -2.23. The van der Waals surface area contributed by atoms with Gasteiger partial charge in [0.25, 0.3) is 6.43 Å². The first-order valence-electron chi connectivity index (χ1n) is 7.81. The van der Waals surface area contributed by atoms with Gasteiger partial charge in [0.05, 0.1) is 13.2 Å². The lowest BCUT2D eigenvalue weighted by Crippen LogP contribution is -2.44. The molecular weight excluding hydrogens is 306 g/mol. The van der Waals surface area contributed by atoms with Crippen LogP contribution in [0.15, 0.2) is 24.3 Å². The molecule has 130 valence electrons. The molecule has 0 aliphatic carbocycles. The quantitative estimate of drug-likeness (QED) is 0.704. The van der Waals surface area contributed by atoms with Gasteiger partial charge < -0.3 is 14.6 Å². The Morgan fingerprint density at radius 1 is 1.22 bits per heavy atom. The molecule has 0 aliphatic rings. The number of halogens is 2. The highest BCUT2D eigenvalue weighted by atomic mass is 19.3. The van der Waals surface area contributed by atoms with E-state index in [-0.39, 0.29) is 18.6 Å². The molecule has 1 rings (SSSR count). The maximum Gasteiger partial charge on any atom is 0.318 e. The number of alkyl halides is 2. The second kappa shape index (κ2) is 8.82. The van der Waals surface area contributed by atoms with E-state index in [1.165, 1.54) is 19.1 Å². The van der Waals surface area contributed by atoms with Gasteiger partial charge in [-0.15, -0.1) is 0 Å². The normalized spacial score (nSPS) is 15.1. The number of benzene rings is 1. The molecule has 0 radical (unpaired) electrons. The van der Waals surface area contributed by atoms with Crippen molar-refractivity contribution < 1.29 is 28.2 Å². The van der Waals surface area contributed by atoms with Crippen LogP contribution in [0, 0.1) is 5.92 Å². The molecule has 1 aromatic carbocycles. The van der Waals surface area contributed by atoms with Crippen molar-refractivity contribution >= 4 is 5.97 Å². The Hall–Kier alpha value is -1.69. The molecule has 0 bridgehead atoms. The Balaban J connectivity index is 3.12. The number of aliphatic hydroxyl groups is 1. The van der Waals surface area contributed by atoms with Gasteiger partial charge in [0, 0.05) is 0 Å². The van der Waals surface area contributed by atoms with E-state index >= 15 is 0 Å². The second-order valence-corrected chi connectivity index (χ2v) is 5.21. The van der Waals surface area contributed by atoms with Crippen molar-refractivity contribution in [3.8, 4) is 5.75 Å². The maximum absolute atomic E-state index is 13.4. The van der Waals surface area contributed by atoms with Crippen LogP contribution in [0.25, 0.3) is 0 Å². The van der Waals surface area contributed by atoms with Crippen LogP contribution in [0.1, 0.15) is 39.2 Å². The summed E-state index contributed by atoms with van der Waals surface area (Å²) in [4.78, 5) is 11.9. The molecule has 6 heteroatoms. The number of esters is 1. The van der Waals surface area contributed by atoms with Crippen molar-refractivity contribution in [2.24, 2.45) is 5.92 Å². The summed E-state index contributed by atoms with van der Waals surface area (Å²) in [6.45, 7) is 5.57. The highest BCUT2D eigenvalue weighted by Crippen LogP contribution is 2.38. The van der Waals surface area contributed by atoms with Gasteiger partial charge in [-0.3, -0.25) is 4.79 Å². The topological polar surface area (TPSA) is 55.8 Å². The van der Waals surface area contributed by atoms with Crippen molar-refractivity contribution in [1.29, 1.82) is 0 Å². The van der Waals surface area contributed by atoms with E-state index in [0.29, 0.717) is 12.4 Å². The minimum absolute atomic E-state index is 0.0222. The molecule has 0 fully saturated rings. The minimum atomic E-state index is -3.03. The van der Waals surface area contributed by atoms with E-state index in [9.17, 15) is 18.7 Å². The van der Waals surface area contributed by atoms with E-state index in [1.54, 1.807) is 19.1 Å². The van der Waals surface area contributed by atoms with Crippen molar-refractivity contribution in [2.75, 3.05) is 13.2 Å². The zero-order valence-corrected chi connectivity index (χ0v) is 13.7. The molecule has 2 unspecified atom stereocenters. The smallest absolute Gasteiger partial charge is 0.318 e.